The molecular formula is C12H12ClNOS. The third-order valence-corrected chi connectivity index (χ3v) is 3.53. The van der Waals surface area contributed by atoms with E-state index in [9.17, 15) is 5.11 Å². The third kappa shape index (κ3) is 2.98. The van der Waals surface area contributed by atoms with Gasteiger partial charge in [0.1, 0.15) is 6.10 Å². The van der Waals surface area contributed by atoms with Crippen LogP contribution in [0.3, 0.4) is 0 Å². The maximum absolute atomic E-state index is 9.88. The highest BCUT2D eigenvalue weighted by molar-refractivity contribution is 7.16. The van der Waals surface area contributed by atoms with Gasteiger partial charge in [-0.1, -0.05) is 29.8 Å². The fourth-order valence-corrected chi connectivity index (χ4v) is 2.43. The van der Waals surface area contributed by atoms with Gasteiger partial charge in [0.2, 0.25) is 0 Å². The standard InChI is InChI=1S/C12H12ClNOS/c13-12-7-6-11(16-12)10(15)8-14-9-4-2-1-3-5-9/h1-7,10,14-15H,8H2. The average Bonchev–Trinajstić information content (AvgIpc) is 2.74. The van der Waals surface area contributed by atoms with Crippen molar-refractivity contribution in [3.8, 4) is 0 Å². The second-order valence-corrected chi connectivity index (χ2v) is 5.15. The number of benzene rings is 1. The molecule has 0 fully saturated rings. The predicted octanol–water partition coefficient (Wildman–Crippen LogP) is 3.55. The van der Waals surface area contributed by atoms with Crippen LogP contribution in [0.4, 0.5) is 5.69 Å². The summed E-state index contributed by atoms with van der Waals surface area (Å²) in [4.78, 5) is 0.883. The monoisotopic (exact) mass is 253 g/mol. The molecule has 0 aliphatic rings. The van der Waals surface area contributed by atoms with Gasteiger partial charge in [-0.15, -0.1) is 11.3 Å². The Labute approximate surface area is 104 Å². The molecule has 0 radical (unpaired) electrons. The Morgan fingerprint density at radius 1 is 1.19 bits per heavy atom. The van der Waals surface area contributed by atoms with E-state index in [-0.39, 0.29) is 0 Å². The summed E-state index contributed by atoms with van der Waals surface area (Å²) in [5.74, 6) is 0. The summed E-state index contributed by atoms with van der Waals surface area (Å²) in [6, 6.07) is 13.5. The quantitative estimate of drug-likeness (QED) is 0.874. The van der Waals surface area contributed by atoms with Crippen molar-refractivity contribution in [3.63, 3.8) is 0 Å². The number of aliphatic hydroxyl groups excluding tert-OH is 1. The molecule has 1 heterocycles. The molecule has 1 atom stereocenters. The molecule has 1 aromatic carbocycles. The zero-order chi connectivity index (χ0) is 11.4. The number of aliphatic hydroxyl groups is 1. The lowest BCUT2D eigenvalue weighted by Gasteiger charge is -2.10. The Kier molecular flexibility index (Phi) is 3.83. The van der Waals surface area contributed by atoms with Crippen molar-refractivity contribution in [3.05, 3.63) is 51.7 Å². The van der Waals surface area contributed by atoms with Crippen molar-refractivity contribution in [1.82, 2.24) is 0 Å². The van der Waals surface area contributed by atoms with Crippen molar-refractivity contribution in [1.29, 1.82) is 0 Å². The topological polar surface area (TPSA) is 32.3 Å². The molecule has 2 rings (SSSR count). The highest BCUT2D eigenvalue weighted by Crippen LogP contribution is 2.26. The summed E-state index contributed by atoms with van der Waals surface area (Å²) < 4.78 is 0.703. The van der Waals surface area contributed by atoms with Crippen LogP contribution in [0, 0.1) is 0 Å². The van der Waals surface area contributed by atoms with E-state index in [2.05, 4.69) is 5.32 Å². The number of hydrogen-bond donors (Lipinski definition) is 2. The van der Waals surface area contributed by atoms with Gasteiger partial charge in [-0.2, -0.15) is 0 Å². The van der Waals surface area contributed by atoms with Crippen molar-refractivity contribution >= 4 is 28.6 Å². The zero-order valence-corrected chi connectivity index (χ0v) is 10.1. The summed E-state index contributed by atoms with van der Waals surface area (Å²) in [6.07, 6.45) is -0.516. The highest BCUT2D eigenvalue weighted by Gasteiger charge is 2.09. The van der Waals surface area contributed by atoms with Crippen LogP contribution in [-0.2, 0) is 0 Å². The van der Waals surface area contributed by atoms with Crippen LogP contribution in [0.15, 0.2) is 42.5 Å². The molecular weight excluding hydrogens is 242 g/mol. The summed E-state index contributed by atoms with van der Waals surface area (Å²) in [7, 11) is 0. The second kappa shape index (κ2) is 5.34. The minimum Gasteiger partial charge on any atom is -0.386 e. The molecule has 2 aromatic rings. The summed E-state index contributed by atoms with van der Waals surface area (Å²) >= 11 is 7.22. The van der Waals surface area contributed by atoms with E-state index in [1.807, 2.05) is 36.4 Å². The first-order valence-electron chi connectivity index (χ1n) is 4.98. The normalized spacial score (nSPS) is 12.4. The van der Waals surface area contributed by atoms with Crippen molar-refractivity contribution in [2.75, 3.05) is 11.9 Å². The van der Waals surface area contributed by atoms with Gasteiger partial charge in [-0.05, 0) is 24.3 Å². The van der Waals surface area contributed by atoms with Crippen LogP contribution in [0.2, 0.25) is 4.34 Å². The van der Waals surface area contributed by atoms with Crippen molar-refractivity contribution in [2.45, 2.75) is 6.10 Å². The zero-order valence-electron chi connectivity index (χ0n) is 8.56. The summed E-state index contributed by atoms with van der Waals surface area (Å²) in [6.45, 7) is 0.487. The van der Waals surface area contributed by atoms with Gasteiger partial charge in [0, 0.05) is 17.1 Å². The van der Waals surface area contributed by atoms with E-state index in [4.69, 9.17) is 11.6 Å². The molecule has 4 heteroatoms. The molecule has 1 unspecified atom stereocenters. The molecule has 2 N–H and O–H groups in total. The largest absolute Gasteiger partial charge is 0.386 e. The molecule has 0 spiro atoms. The fraction of sp³-hybridized carbons (Fsp3) is 0.167. The lowest BCUT2D eigenvalue weighted by atomic mass is 10.2. The first-order valence-corrected chi connectivity index (χ1v) is 6.17. The Balaban J connectivity index is 1.91. The van der Waals surface area contributed by atoms with Gasteiger partial charge >= 0.3 is 0 Å². The van der Waals surface area contributed by atoms with Gasteiger partial charge < -0.3 is 10.4 Å². The lowest BCUT2D eigenvalue weighted by molar-refractivity contribution is 0.195. The minimum atomic E-state index is -0.516. The number of thiophene rings is 1. The number of para-hydroxylation sites is 1. The molecule has 0 aliphatic heterocycles. The van der Waals surface area contributed by atoms with Crippen LogP contribution < -0.4 is 5.32 Å². The number of rotatable bonds is 4. The average molecular weight is 254 g/mol. The van der Waals surface area contributed by atoms with E-state index < -0.39 is 6.10 Å². The number of hydrogen-bond acceptors (Lipinski definition) is 3. The van der Waals surface area contributed by atoms with E-state index in [0.717, 1.165) is 10.6 Å². The van der Waals surface area contributed by atoms with Crippen LogP contribution in [0.5, 0.6) is 0 Å². The van der Waals surface area contributed by atoms with Gasteiger partial charge in [0.15, 0.2) is 0 Å². The van der Waals surface area contributed by atoms with Crippen LogP contribution >= 0.6 is 22.9 Å². The van der Waals surface area contributed by atoms with Crippen LogP contribution in [0.1, 0.15) is 11.0 Å². The van der Waals surface area contributed by atoms with Crippen molar-refractivity contribution in [2.24, 2.45) is 0 Å². The predicted molar refractivity (Wildman–Crippen MR) is 69.2 cm³/mol. The maximum atomic E-state index is 9.88. The first-order chi connectivity index (χ1) is 7.75. The highest BCUT2D eigenvalue weighted by atomic mass is 35.5. The Hall–Kier alpha value is -1.03. The van der Waals surface area contributed by atoms with Crippen LogP contribution in [-0.4, -0.2) is 11.7 Å². The number of anilines is 1. The smallest absolute Gasteiger partial charge is 0.105 e. The van der Waals surface area contributed by atoms with Gasteiger partial charge in [0.25, 0.3) is 0 Å². The SMILES string of the molecule is OC(CNc1ccccc1)c1ccc(Cl)s1. The molecule has 0 amide bonds. The second-order valence-electron chi connectivity index (χ2n) is 3.40. The summed E-state index contributed by atoms with van der Waals surface area (Å²) in [5.41, 5.74) is 1.00. The Bertz CT molecular complexity index is 443. The molecule has 1 aromatic heterocycles. The van der Waals surface area contributed by atoms with E-state index >= 15 is 0 Å². The van der Waals surface area contributed by atoms with Crippen molar-refractivity contribution < 1.29 is 5.11 Å². The maximum Gasteiger partial charge on any atom is 0.105 e. The molecule has 84 valence electrons. The van der Waals surface area contributed by atoms with Crippen LogP contribution in [0.25, 0.3) is 0 Å². The Morgan fingerprint density at radius 3 is 2.56 bits per heavy atom. The fourth-order valence-electron chi connectivity index (χ4n) is 1.38. The first kappa shape index (κ1) is 11.5. The molecule has 0 saturated carbocycles. The van der Waals surface area contributed by atoms with E-state index in [0.29, 0.717) is 10.9 Å². The third-order valence-electron chi connectivity index (χ3n) is 2.20. The number of halogens is 1. The molecule has 0 saturated heterocycles. The molecule has 2 nitrogen and oxygen atoms in total. The van der Waals surface area contributed by atoms with E-state index in [1.165, 1.54) is 11.3 Å². The lowest BCUT2D eigenvalue weighted by Crippen LogP contribution is -2.10. The van der Waals surface area contributed by atoms with E-state index in [1.54, 1.807) is 6.07 Å². The van der Waals surface area contributed by atoms with Gasteiger partial charge in [-0.25, -0.2) is 0 Å². The number of nitrogens with one attached hydrogen (secondary N) is 1. The minimum absolute atomic E-state index is 0.487. The summed E-state index contributed by atoms with van der Waals surface area (Å²) in [5, 5.41) is 13.1. The van der Waals surface area contributed by atoms with Gasteiger partial charge in [0.05, 0.1) is 4.34 Å². The Morgan fingerprint density at radius 2 is 1.94 bits per heavy atom. The van der Waals surface area contributed by atoms with Gasteiger partial charge in [-0.3, -0.25) is 0 Å². The molecule has 0 aliphatic carbocycles. The molecule has 16 heavy (non-hydrogen) atoms. The molecule has 0 bridgehead atoms.